The second-order valence-corrected chi connectivity index (χ2v) is 15.5. The van der Waals surface area contributed by atoms with E-state index in [2.05, 4.69) is 195 Å². The van der Waals surface area contributed by atoms with Gasteiger partial charge in [0.2, 0.25) is 0 Å². The van der Waals surface area contributed by atoms with Crippen molar-refractivity contribution in [1.82, 2.24) is 9.13 Å². The third kappa shape index (κ3) is 4.74. The van der Waals surface area contributed by atoms with Crippen LogP contribution >= 0.6 is 0 Å². The molecule has 0 amide bonds. The zero-order valence-electron chi connectivity index (χ0n) is 31.6. The smallest absolute Gasteiger partial charge is 0.0541 e. The number of benzene rings is 8. The van der Waals surface area contributed by atoms with Crippen molar-refractivity contribution in [3.63, 3.8) is 0 Å². The highest BCUT2D eigenvalue weighted by molar-refractivity contribution is 6.10. The Morgan fingerprint density at radius 3 is 1.05 bits per heavy atom. The van der Waals surface area contributed by atoms with E-state index < -0.39 is 0 Å². The van der Waals surface area contributed by atoms with Gasteiger partial charge in [0.1, 0.15) is 0 Å². The number of para-hydroxylation sites is 4. The number of aromatic nitrogens is 2. The first-order valence-corrected chi connectivity index (χ1v) is 19.4. The largest absolute Gasteiger partial charge is 0.309 e. The van der Waals surface area contributed by atoms with Crippen molar-refractivity contribution in [2.75, 3.05) is 0 Å². The SMILES string of the molecule is Cc1cc(-c2ccc3c(c2)-c2cc(-c4cc(C)c(C)c(-n5c6ccccc6c6ccccc65)c4)ccc2C3)cc(-n2c3ccccc3c3ccccc32)c1C. The van der Waals surface area contributed by atoms with Crippen LogP contribution in [0.15, 0.2) is 158 Å². The van der Waals surface area contributed by atoms with Gasteiger partial charge >= 0.3 is 0 Å². The lowest BCUT2D eigenvalue weighted by atomic mass is 9.93. The molecule has 1 aliphatic rings. The van der Waals surface area contributed by atoms with Crippen LogP contribution in [0.5, 0.6) is 0 Å². The molecule has 0 N–H and O–H groups in total. The summed E-state index contributed by atoms with van der Waals surface area (Å²) in [5, 5.41) is 5.15. The fraction of sp³-hybridized carbons (Fsp3) is 0.0943. The summed E-state index contributed by atoms with van der Waals surface area (Å²) in [5.74, 6) is 0. The summed E-state index contributed by atoms with van der Waals surface area (Å²) >= 11 is 0. The van der Waals surface area contributed by atoms with Crippen LogP contribution in [0.3, 0.4) is 0 Å². The highest BCUT2D eigenvalue weighted by Gasteiger charge is 2.22. The third-order valence-electron chi connectivity index (χ3n) is 12.5. The van der Waals surface area contributed by atoms with Crippen LogP contribution < -0.4 is 0 Å². The minimum Gasteiger partial charge on any atom is -0.309 e. The van der Waals surface area contributed by atoms with Gasteiger partial charge < -0.3 is 9.13 Å². The molecule has 10 aromatic rings. The molecule has 0 saturated heterocycles. The van der Waals surface area contributed by atoms with E-state index in [1.165, 1.54) is 122 Å². The minimum absolute atomic E-state index is 0.963. The molecule has 8 aromatic carbocycles. The normalized spacial score (nSPS) is 12.3. The van der Waals surface area contributed by atoms with Crippen molar-refractivity contribution in [2.24, 2.45) is 0 Å². The molecule has 2 heterocycles. The van der Waals surface area contributed by atoms with Crippen LogP contribution in [0.2, 0.25) is 0 Å². The van der Waals surface area contributed by atoms with E-state index in [1.54, 1.807) is 0 Å². The van der Waals surface area contributed by atoms with Crippen LogP contribution in [-0.2, 0) is 6.42 Å². The summed E-state index contributed by atoms with van der Waals surface area (Å²) in [6.07, 6.45) is 0.963. The number of hydrogen-bond donors (Lipinski definition) is 0. The van der Waals surface area contributed by atoms with E-state index >= 15 is 0 Å². The minimum atomic E-state index is 0.963. The van der Waals surface area contributed by atoms with Gasteiger partial charge in [-0.05, 0) is 149 Å². The summed E-state index contributed by atoms with van der Waals surface area (Å²) < 4.78 is 4.92. The quantitative estimate of drug-likeness (QED) is 0.173. The maximum atomic E-state index is 2.46. The molecule has 0 unspecified atom stereocenters. The van der Waals surface area contributed by atoms with Crippen LogP contribution in [0.1, 0.15) is 33.4 Å². The highest BCUT2D eigenvalue weighted by Crippen LogP contribution is 2.43. The van der Waals surface area contributed by atoms with E-state index in [1.807, 2.05) is 0 Å². The summed E-state index contributed by atoms with van der Waals surface area (Å²) in [5.41, 5.74) is 23.1. The van der Waals surface area contributed by atoms with E-state index in [-0.39, 0.29) is 0 Å². The molecule has 0 aliphatic heterocycles. The molecular weight excluding hydrogens is 665 g/mol. The first-order chi connectivity index (χ1) is 26.9. The average molecular weight is 705 g/mol. The second kappa shape index (κ2) is 11.9. The van der Waals surface area contributed by atoms with E-state index in [4.69, 9.17) is 0 Å². The van der Waals surface area contributed by atoms with Gasteiger partial charge in [0.25, 0.3) is 0 Å². The Balaban J connectivity index is 1.03. The molecular formula is C53H40N2. The first-order valence-electron chi connectivity index (χ1n) is 19.4. The Bertz CT molecular complexity index is 2900. The van der Waals surface area contributed by atoms with Crippen molar-refractivity contribution in [1.29, 1.82) is 0 Å². The van der Waals surface area contributed by atoms with Gasteiger partial charge in [-0.25, -0.2) is 0 Å². The molecule has 0 saturated carbocycles. The molecule has 2 aromatic heterocycles. The van der Waals surface area contributed by atoms with E-state index in [9.17, 15) is 0 Å². The van der Waals surface area contributed by atoms with Crippen LogP contribution in [-0.4, -0.2) is 9.13 Å². The second-order valence-electron chi connectivity index (χ2n) is 15.5. The molecule has 55 heavy (non-hydrogen) atoms. The zero-order valence-corrected chi connectivity index (χ0v) is 31.6. The Hall–Kier alpha value is -6.64. The summed E-state index contributed by atoms with van der Waals surface area (Å²) in [6.45, 7) is 9.03. The lowest BCUT2D eigenvalue weighted by Crippen LogP contribution is -2.00. The van der Waals surface area contributed by atoms with Gasteiger partial charge in [-0.1, -0.05) is 109 Å². The number of nitrogens with zero attached hydrogens (tertiary/aromatic N) is 2. The monoisotopic (exact) mass is 704 g/mol. The van der Waals surface area contributed by atoms with Gasteiger partial charge in [0.15, 0.2) is 0 Å². The number of rotatable bonds is 4. The number of fused-ring (bicyclic) bond motifs is 9. The molecule has 1 aliphatic carbocycles. The van der Waals surface area contributed by atoms with Crippen LogP contribution in [0, 0.1) is 27.7 Å². The standard InChI is InChI=1S/C53H40N2/c1-32-25-40(30-52(34(32)3)54-48-17-9-5-13-42(48)43-14-6-10-18-49(43)54)36-21-23-38-27-39-24-22-37(29-47(39)46(38)28-36)41-26-33(2)35(4)53(31-41)55-50-19-11-7-15-44(50)45-16-8-12-20-51(45)55/h5-26,28-31H,27H2,1-4H3. The lowest BCUT2D eigenvalue weighted by molar-refractivity contribution is 1.13. The third-order valence-corrected chi connectivity index (χ3v) is 12.5. The molecule has 2 nitrogen and oxygen atoms in total. The summed E-state index contributed by atoms with van der Waals surface area (Å²) in [4.78, 5) is 0. The van der Waals surface area contributed by atoms with E-state index in [0.717, 1.165) is 6.42 Å². The molecule has 0 bridgehead atoms. The van der Waals surface area contributed by atoms with Gasteiger partial charge in [-0.2, -0.15) is 0 Å². The predicted octanol–water partition coefficient (Wildman–Crippen LogP) is 14.0. The molecule has 2 heteroatoms. The zero-order chi connectivity index (χ0) is 36.9. The average Bonchev–Trinajstić information content (AvgIpc) is 3.87. The Labute approximate surface area is 321 Å². The summed E-state index contributed by atoms with van der Waals surface area (Å²) in [6, 6.07) is 59.0. The Morgan fingerprint density at radius 1 is 0.345 bits per heavy atom. The maximum Gasteiger partial charge on any atom is 0.0541 e. The predicted molar refractivity (Wildman–Crippen MR) is 233 cm³/mol. The van der Waals surface area contributed by atoms with Crippen molar-refractivity contribution in [3.8, 4) is 44.8 Å². The molecule has 0 fully saturated rings. The van der Waals surface area contributed by atoms with Gasteiger partial charge in [0, 0.05) is 32.9 Å². The fourth-order valence-electron chi connectivity index (χ4n) is 9.37. The van der Waals surface area contributed by atoms with Crippen molar-refractivity contribution >= 4 is 43.6 Å². The van der Waals surface area contributed by atoms with Crippen LogP contribution in [0.25, 0.3) is 88.4 Å². The topological polar surface area (TPSA) is 9.86 Å². The Kier molecular flexibility index (Phi) is 6.91. The maximum absolute atomic E-state index is 2.46. The summed E-state index contributed by atoms with van der Waals surface area (Å²) in [7, 11) is 0. The van der Waals surface area contributed by atoms with Crippen molar-refractivity contribution in [2.45, 2.75) is 34.1 Å². The van der Waals surface area contributed by atoms with Gasteiger partial charge in [-0.3, -0.25) is 0 Å². The fourth-order valence-corrected chi connectivity index (χ4v) is 9.37. The molecule has 11 rings (SSSR count). The molecule has 0 atom stereocenters. The molecule has 0 radical (unpaired) electrons. The van der Waals surface area contributed by atoms with Crippen LogP contribution in [0.4, 0.5) is 0 Å². The van der Waals surface area contributed by atoms with E-state index in [0.29, 0.717) is 0 Å². The molecule has 0 spiro atoms. The van der Waals surface area contributed by atoms with Crippen molar-refractivity contribution in [3.05, 3.63) is 191 Å². The number of hydrogen-bond acceptors (Lipinski definition) is 0. The lowest BCUT2D eigenvalue weighted by Gasteiger charge is -2.17. The highest BCUT2D eigenvalue weighted by atomic mass is 15.0. The van der Waals surface area contributed by atoms with Gasteiger partial charge in [0.05, 0.1) is 22.1 Å². The molecule has 262 valence electrons. The first kappa shape index (κ1) is 31.8. The number of aryl methyl sites for hydroxylation is 2. The van der Waals surface area contributed by atoms with Crippen molar-refractivity contribution < 1.29 is 0 Å². The Morgan fingerprint density at radius 2 is 0.691 bits per heavy atom. The van der Waals surface area contributed by atoms with Gasteiger partial charge in [-0.15, -0.1) is 0 Å².